The van der Waals surface area contributed by atoms with Crippen molar-refractivity contribution in [1.29, 1.82) is 0 Å². The molecule has 3 rings (SSSR count). The van der Waals surface area contributed by atoms with Crippen LogP contribution in [-0.2, 0) is 13.6 Å². The Bertz CT molecular complexity index is 980. The van der Waals surface area contributed by atoms with Crippen molar-refractivity contribution in [3.05, 3.63) is 60.7 Å². The molecular weight excluding hydrogens is 379 g/mol. The lowest BCUT2D eigenvalue weighted by Gasteiger charge is -2.14. The molecule has 0 aliphatic heterocycles. The molecule has 0 unspecified atom stereocenters. The Hall–Kier alpha value is -2.84. The summed E-state index contributed by atoms with van der Waals surface area (Å²) in [5.74, 6) is 0.0590. The summed E-state index contributed by atoms with van der Waals surface area (Å²) in [6, 6.07) is 19.4. The van der Waals surface area contributed by atoms with Crippen LogP contribution in [0.25, 0.3) is 22.5 Å². The highest BCUT2D eigenvalue weighted by atomic mass is 31.2. The number of aromatic nitrogens is 3. The predicted octanol–water partition coefficient (Wildman–Crippen LogP) is 5.09. The van der Waals surface area contributed by atoms with Gasteiger partial charge < -0.3 is 13.6 Å². The van der Waals surface area contributed by atoms with Crippen LogP contribution in [0.2, 0.25) is 0 Å². The van der Waals surface area contributed by atoms with E-state index < -0.39 is 7.74 Å². The molecule has 2 aromatic carbocycles. The van der Waals surface area contributed by atoms with Crippen molar-refractivity contribution >= 4 is 13.7 Å². The molecule has 28 heavy (non-hydrogen) atoms. The molecule has 0 fully saturated rings. The Morgan fingerprint density at radius 2 is 1.25 bits per heavy atom. The average Bonchev–Trinajstić information content (AvgIpc) is 2.78. The van der Waals surface area contributed by atoms with Crippen molar-refractivity contribution in [2.24, 2.45) is 15.2 Å². The number of rotatable bonds is 7. The zero-order chi connectivity index (χ0) is 19.8. The summed E-state index contributed by atoms with van der Waals surface area (Å²) in [4.78, 5) is 8.40. The SMILES string of the molecule is COP(=N/N=N/c1nnc(-c2ccccc2)c(-c2ccccc2)n1)(OC)OC. The molecule has 0 amide bonds. The van der Waals surface area contributed by atoms with Gasteiger partial charge in [-0.1, -0.05) is 70.6 Å². The van der Waals surface area contributed by atoms with Crippen LogP contribution in [0.15, 0.2) is 75.9 Å². The van der Waals surface area contributed by atoms with E-state index >= 15 is 0 Å². The van der Waals surface area contributed by atoms with E-state index in [2.05, 4.69) is 30.4 Å². The van der Waals surface area contributed by atoms with Crippen LogP contribution in [0, 0.1) is 0 Å². The lowest BCUT2D eigenvalue weighted by Crippen LogP contribution is -1.96. The van der Waals surface area contributed by atoms with Gasteiger partial charge in [-0.15, -0.1) is 10.2 Å². The van der Waals surface area contributed by atoms with Crippen molar-refractivity contribution < 1.29 is 13.6 Å². The Morgan fingerprint density at radius 3 is 1.79 bits per heavy atom. The highest BCUT2D eigenvalue weighted by Gasteiger charge is 2.18. The number of hydrogen-bond donors (Lipinski definition) is 0. The van der Waals surface area contributed by atoms with Gasteiger partial charge in [0, 0.05) is 32.5 Å². The molecule has 0 spiro atoms. The minimum atomic E-state index is -2.91. The normalized spacial score (nSPS) is 11.7. The molecule has 0 saturated heterocycles. The van der Waals surface area contributed by atoms with Crippen LogP contribution in [-0.4, -0.2) is 36.5 Å². The summed E-state index contributed by atoms with van der Waals surface area (Å²) in [5.41, 5.74) is 3.08. The summed E-state index contributed by atoms with van der Waals surface area (Å²) < 4.78 is 15.4. The fourth-order valence-corrected chi connectivity index (χ4v) is 3.19. The first kappa shape index (κ1) is 19.9. The standard InChI is InChI=1S/C18H19N6O3P/c1-25-28(26-2,27-3)24-23-22-18-19-16(14-10-6-4-7-11-14)17(20-21-18)15-12-8-5-9-13-15/h4-13H,1-3H3/b23-22+. The van der Waals surface area contributed by atoms with Gasteiger partial charge in [0.1, 0.15) is 11.4 Å². The van der Waals surface area contributed by atoms with Crippen LogP contribution in [0.3, 0.4) is 0 Å². The van der Waals surface area contributed by atoms with Gasteiger partial charge in [0.15, 0.2) is 0 Å². The van der Waals surface area contributed by atoms with E-state index in [9.17, 15) is 0 Å². The van der Waals surface area contributed by atoms with E-state index in [0.29, 0.717) is 11.4 Å². The number of hydrogen-bond acceptors (Lipinski definition) is 7. The fourth-order valence-electron chi connectivity index (χ4n) is 2.39. The van der Waals surface area contributed by atoms with Crippen molar-refractivity contribution in [3.8, 4) is 22.5 Å². The van der Waals surface area contributed by atoms with E-state index in [1.165, 1.54) is 21.3 Å². The third kappa shape index (κ3) is 4.52. The summed E-state index contributed by atoms with van der Waals surface area (Å²) in [7, 11) is 1.34. The Labute approximate surface area is 162 Å². The Balaban J connectivity index is 2.04. The van der Waals surface area contributed by atoms with E-state index in [-0.39, 0.29) is 5.95 Å². The monoisotopic (exact) mass is 398 g/mol. The first-order chi connectivity index (χ1) is 13.7. The number of nitrogens with zero attached hydrogens (tertiary/aromatic N) is 6. The largest absolute Gasteiger partial charge is 0.379 e. The van der Waals surface area contributed by atoms with Crippen LogP contribution >= 0.6 is 7.74 Å². The van der Waals surface area contributed by atoms with Gasteiger partial charge in [-0.05, 0) is 5.22 Å². The second-order valence-corrected chi connectivity index (χ2v) is 7.55. The van der Waals surface area contributed by atoms with Crippen LogP contribution in [0.5, 0.6) is 0 Å². The van der Waals surface area contributed by atoms with Gasteiger partial charge in [-0.3, -0.25) is 0 Å². The van der Waals surface area contributed by atoms with E-state index in [1.807, 2.05) is 60.7 Å². The minimum absolute atomic E-state index is 0.0590. The van der Waals surface area contributed by atoms with Crippen molar-refractivity contribution in [2.45, 2.75) is 0 Å². The maximum absolute atomic E-state index is 5.13. The molecule has 1 aromatic heterocycles. The predicted molar refractivity (Wildman–Crippen MR) is 106 cm³/mol. The van der Waals surface area contributed by atoms with Crippen LogP contribution in [0.4, 0.5) is 5.95 Å². The number of benzene rings is 2. The lowest BCUT2D eigenvalue weighted by molar-refractivity contribution is 0.222. The topological polar surface area (TPSA) is 103 Å². The highest BCUT2D eigenvalue weighted by molar-refractivity contribution is 7.51. The maximum atomic E-state index is 5.13. The third-order valence-corrected chi connectivity index (χ3v) is 5.43. The fraction of sp³-hybridized carbons (Fsp3) is 0.167. The van der Waals surface area contributed by atoms with E-state index in [4.69, 9.17) is 13.6 Å². The van der Waals surface area contributed by atoms with Gasteiger partial charge in [0.2, 0.25) is 0 Å². The molecule has 144 valence electrons. The Kier molecular flexibility index (Phi) is 6.67. The molecule has 0 radical (unpaired) electrons. The van der Waals surface area contributed by atoms with Crippen molar-refractivity contribution in [1.82, 2.24) is 15.2 Å². The highest BCUT2D eigenvalue weighted by Crippen LogP contribution is 2.50. The quantitative estimate of drug-likeness (QED) is 0.312. The Morgan fingerprint density at radius 1 is 0.714 bits per heavy atom. The smallest absolute Gasteiger partial charge is 0.305 e. The summed E-state index contributed by atoms with van der Waals surface area (Å²) in [6.45, 7) is 0. The molecule has 3 aromatic rings. The van der Waals surface area contributed by atoms with E-state index in [0.717, 1.165) is 11.1 Å². The summed E-state index contributed by atoms with van der Waals surface area (Å²) in [6.07, 6.45) is 0. The zero-order valence-corrected chi connectivity index (χ0v) is 16.5. The molecular formula is C18H19N6O3P. The molecule has 0 atom stereocenters. The maximum Gasteiger partial charge on any atom is 0.379 e. The second kappa shape index (κ2) is 9.38. The molecule has 10 heteroatoms. The third-order valence-electron chi connectivity index (χ3n) is 3.75. The summed E-state index contributed by atoms with van der Waals surface area (Å²) in [5, 5.41) is 16.0. The first-order valence-electron chi connectivity index (χ1n) is 8.26. The zero-order valence-electron chi connectivity index (χ0n) is 15.6. The molecule has 0 saturated carbocycles. The van der Waals surface area contributed by atoms with Gasteiger partial charge in [-0.2, -0.15) is 0 Å². The molecule has 1 heterocycles. The van der Waals surface area contributed by atoms with Gasteiger partial charge in [0.05, 0.1) is 0 Å². The van der Waals surface area contributed by atoms with E-state index in [1.54, 1.807) is 0 Å². The molecule has 0 N–H and O–H groups in total. The lowest BCUT2D eigenvalue weighted by atomic mass is 10.0. The summed E-state index contributed by atoms with van der Waals surface area (Å²) >= 11 is 0. The molecule has 9 nitrogen and oxygen atoms in total. The van der Waals surface area contributed by atoms with Crippen LogP contribution in [0.1, 0.15) is 0 Å². The van der Waals surface area contributed by atoms with Crippen LogP contribution < -0.4 is 0 Å². The van der Waals surface area contributed by atoms with Gasteiger partial charge >= 0.3 is 7.74 Å². The minimum Gasteiger partial charge on any atom is -0.305 e. The molecule has 0 bridgehead atoms. The average molecular weight is 398 g/mol. The molecule has 0 aliphatic carbocycles. The van der Waals surface area contributed by atoms with Crippen molar-refractivity contribution in [2.75, 3.05) is 21.3 Å². The molecule has 0 aliphatic rings. The second-order valence-electron chi connectivity index (χ2n) is 5.34. The van der Waals surface area contributed by atoms with Gasteiger partial charge in [0.25, 0.3) is 5.95 Å². The van der Waals surface area contributed by atoms with Crippen molar-refractivity contribution in [3.63, 3.8) is 0 Å². The van der Waals surface area contributed by atoms with Gasteiger partial charge in [-0.25, -0.2) is 4.98 Å². The first-order valence-corrected chi connectivity index (χ1v) is 9.76.